The van der Waals surface area contributed by atoms with E-state index in [0.717, 1.165) is 13.1 Å². The summed E-state index contributed by atoms with van der Waals surface area (Å²) >= 11 is 0. The van der Waals surface area contributed by atoms with Gasteiger partial charge in [-0.25, -0.2) is 4.57 Å². The average molecular weight is 475 g/mol. The van der Waals surface area contributed by atoms with Crippen molar-refractivity contribution in [1.29, 1.82) is 0 Å². The van der Waals surface area contributed by atoms with Gasteiger partial charge in [0.2, 0.25) is 0 Å². The Morgan fingerprint density at radius 3 is 2.06 bits per heavy atom. The van der Waals surface area contributed by atoms with Gasteiger partial charge in [0.25, 0.3) is 0 Å². The van der Waals surface area contributed by atoms with Gasteiger partial charge in [-0.05, 0) is 49.8 Å². The molecule has 0 radical (unpaired) electrons. The standard InChI is InChI=1S/C25H28NO5P.Na/c1-4-26(5-2)18-22-17-21(24(27)20-12-8-6-9-13-20)16-19(3)25(22)31-32(28,29)30-23-14-10-7-11-15-23;/h6-17H,4-5,18H2,1-3H3,(H,28,29);/q;+1/p-1. The molecule has 0 fully saturated rings. The van der Waals surface area contributed by atoms with Crippen molar-refractivity contribution in [2.75, 3.05) is 13.1 Å². The zero-order valence-corrected chi connectivity index (χ0v) is 22.4. The molecule has 33 heavy (non-hydrogen) atoms. The first-order valence-electron chi connectivity index (χ1n) is 10.5. The SMILES string of the molecule is CCN(CC)Cc1cc(C(=O)c2ccccc2)cc(C)c1OP(=O)([O-])Oc1ccccc1.[Na+]. The first-order valence-corrected chi connectivity index (χ1v) is 12.0. The smallest absolute Gasteiger partial charge is 0.736 e. The third-order valence-corrected chi connectivity index (χ3v) is 5.94. The van der Waals surface area contributed by atoms with E-state index in [9.17, 15) is 14.3 Å². The Bertz CT molecular complexity index is 1100. The third-order valence-electron chi connectivity index (χ3n) is 5.10. The summed E-state index contributed by atoms with van der Waals surface area (Å²) in [4.78, 5) is 27.8. The van der Waals surface area contributed by atoms with E-state index < -0.39 is 7.82 Å². The maximum Gasteiger partial charge on any atom is 1.00 e. The zero-order valence-electron chi connectivity index (χ0n) is 19.5. The van der Waals surface area contributed by atoms with E-state index in [1.165, 1.54) is 0 Å². The van der Waals surface area contributed by atoms with Crippen LogP contribution in [0.3, 0.4) is 0 Å². The van der Waals surface area contributed by atoms with Crippen LogP contribution < -0.4 is 43.5 Å². The molecule has 3 aromatic rings. The van der Waals surface area contributed by atoms with Crippen LogP contribution in [0.1, 0.15) is 40.9 Å². The summed E-state index contributed by atoms with van der Waals surface area (Å²) in [6, 6.07) is 20.5. The van der Waals surface area contributed by atoms with Gasteiger partial charge in [-0.15, -0.1) is 0 Å². The molecular weight excluding hydrogens is 448 g/mol. The number of rotatable bonds is 10. The first-order chi connectivity index (χ1) is 15.3. The molecule has 3 aromatic carbocycles. The minimum atomic E-state index is -4.70. The van der Waals surface area contributed by atoms with Crippen molar-refractivity contribution in [2.24, 2.45) is 0 Å². The summed E-state index contributed by atoms with van der Waals surface area (Å²) in [6.07, 6.45) is 0. The summed E-state index contributed by atoms with van der Waals surface area (Å²) in [5.74, 6) is 0.229. The molecule has 0 aromatic heterocycles. The Balaban J connectivity index is 0.00000385. The van der Waals surface area contributed by atoms with Gasteiger partial charge in [-0.1, -0.05) is 62.4 Å². The molecule has 0 spiro atoms. The van der Waals surface area contributed by atoms with Gasteiger partial charge in [-0.3, -0.25) is 9.69 Å². The normalized spacial score (nSPS) is 12.5. The molecule has 0 aliphatic rings. The summed E-state index contributed by atoms with van der Waals surface area (Å²) in [7, 11) is -4.70. The van der Waals surface area contributed by atoms with Crippen LogP contribution in [0.4, 0.5) is 0 Å². The van der Waals surface area contributed by atoms with Crippen molar-refractivity contribution in [1.82, 2.24) is 4.90 Å². The molecule has 0 saturated carbocycles. The second-order valence-corrected chi connectivity index (χ2v) is 8.64. The van der Waals surface area contributed by atoms with Crippen LogP contribution in [-0.2, 0) is 11.1 Å². The van der Waals surface area contributed by atoms with Gasteiger partial charge in [0, 0.05) is 23.2 Å². The summed E-state index contributed by atoms with van der Waals surface area (Å²) in [5, 5.41) is 0. The molecule has 0 amide bonds. The number of phosphoric ester groups is 1. The molecular formula is C25H27NNaO5P. The summed E-state index contributed by atoms with van der Waals surface area (Å²) < 4.78 is 23.2. The van der Waals surface area contributed by atoms with Crippen LogP contribution in [0.25, 0.3) is 0 Å². The fourth-order valence-electron chi connectivity index (χ4n) is 3.41. The topological polar surface area (TPSA) is 78.9 Å². The van der Waals surface area contributed by atoms with Gasteiger partial charge in [0.05, 0.1) is 0 Å². The number of nitrogens with zero attached hydrogens (tertiary/aromatic N) is 1. The van der Waals surface area contributed by atoms with Crippen molar-refractivity contribution in [2.45, 2.75) is 27.3 Å². The minimum Gasteiger partial charge on any atom is -0.736 e. The van der Waals surface area contributed by atoms with E-state index in [4.69, 9.17) is 9.05 Å². The Hall–Kier alpha value is -1.92. The fraction of sp³-hybridized carbons (Fsp3) is 0.240. The minimum absolute atomic E-state index is 0. The Morgan fingerprint density at radius 1 is 0.909 bits per heavy atom. The van der Waals surface area contributed by atoms with Crippen LogP contribution in [0.5, 0.6) is 11.5 Å². The quantitative estimate of drug-likeness (QED) is 0.254. The molecule has 3 rings (SSSR count). The molecule has 168 valence electrons. The number of benzene rings is 3. The van der Waals surface area contributed by atoms with E-state index in [2.05, 4.69) is 4.90 Å². The predicted octanol–water partition coefficient (Wildman–Crippen LogP) is 2.00. The fourth-order valence-corrected chi connectivity index (χ4v) is 4.31. The van der Waals surface area contributed by atoms with E-state index in [1.807, 2.05) is 32.0 Å². The van der Waals surface area contributed by atoms with Crippen LogP contribution >= 0.6 is 7.82 Å². The van der Waals surface area contributed by atoms with Gasteiger partial charge in [0.15, 0.2) is 5.78 Å². The number of phosphoric acid groups is 1. The maximum absolute atomic E-state index is 13.0. The van der Waals surface area contributed by atoms with Crippen molar-refractivity contribution in [3.63, 3.8) is 0 Å². The van der Waals surface area contributed by atoms with Crippen LogP contribution in [-0.4, -0.2) is 23.8 Å². The molecule has 1 unspecified atom stereocenters. The van der Waals surface area contributed by atoms with E-state index in [0.29, 0.717) is 28.8 Å². The average Bonchev–Trinajstić information content (AvgIpc) is 2.79. The molecule has 6 nitrogen and oxygen atoms in total. The largest absolute Gasteiger partial charge is 1.00 e. The molecule has 0 aliphatic heterocycles. The van der Waals surface area contributed by atoms with Crippen molar-refractivity contribution < 1.29 is 52.9 Å². The number of hydrogen-bond acceptors (Lipinski definition) is 6. The number of aryl methyl sites for hydroxylation is 1. The molecule has 0 bridgehead atoms. The maximum atomic E-state index is 13.0. The molecule has 0 aliphatic carbocycles. The van der Waals surface area contributed by atoms with Crippen LogP contribution in [0, 0.1) is 6.92 Å². The van der Waals surface area contributed by atoms with Gasteiger partial charge in [0.1, 0.15) is 11.5 Å². The van der Waals surface area contributed by atoms with Gasteiger partial charge < -0.3 is 13.9 Å². The number of carbonyl (C=O) groups excluding carboxylic acids is 1. The molecule has 0 N–H and O–H groups in total. The van der Waals surface area contributed by atoms with E-state index in [1.54, 1.807) is 61.5 Å². The van der Waals surface area contributed by atoms with Crippen LogP contribution in [0.15, 0.2) is 72.8 Å². The summed E-state index contributed by atoms with van der Waals surface area (Å²) in [5.41, 5.74) is 2.20. The molecule has 8 heteroatoms. The number of carbonyl (C=O) groups is 1. The second-order valence-electron chi connectivity index (χ2n) is 7.38. The zero-order chi connectivity index (χ0) is 23.1. The van der Waals surface area contributed by atoms with Crippen LogP contribution in [0.2, 0.25) is 0 Å². The number of para-hydroxylation sites is 1. The van der Waals surface area contributed by atoms with Crippen molar-refractivity contribution >= 4 is 13.6 Å². The molecule has 1 atom stereocenters. The third kappa shape index (κ3) is 7.54. The van der Waals surface area contributed by atoms with Gasteiger partial charge >= 0.3 is 37.4 Å². The van der Waals surface area contributed by atoms with E-state index >= 15 is 0 Å². The molecule has 0 heterocycles. The Morgan fingerprint density at radius 2 is 1.48 bits per heavy atom. The molecule has 0 saturated heterocycles. The van der Waals surface area contributed by atoms with E-state index in [-0.39, 0.29) is 46.8 Å². The number of hydrogen-bond donors (Lipinski definition) is 0. The Kier molecular flexibility index (Phi) is 10.4. The van der Waals surface area contributed by atoms with Gasteiger partial charge in [-0.2, -0.15) is 0 Å². The van der Waals surface area contributed by atoms with Crippen molar-refractivity contribution in [3.8, 4) is 11.5 Å². The second kappa shape index (κ2) is 12.5. The monoisotopic (exact) mass is 475 g/mol. The number of ketones is 1. The van der Waals surface area contributed by atoms with Crippen molar-refractivity contribution in [3.05, 3.63) is 95.1 Å². The first kappa shape index (κ1) is 27.3. The predicted molar refractivity (Wildman–Crippen MR) is 123 cm³/mol. The summed E-state index contributed by atoms with van der Waals surface area (Å²) in [6.45, 7) is 7.73. The Labute approximate surface area is 217 Å².